The van der Waals surface area contributed by atoms with Gasteiger partial charge < -0.3 is 10.2 Å². The molecule has 6 heteroatoms. The largest absolute Gasteiger partial charge is 0.367 e. The van der Waals surface area contributed by atoms with Gasteiger partial charge in [0, 0.05) is 30.7 Å². The highest BCUT2D eigenvalue weighted by Crippen LogP contribution is 2.29. The van der Waals surface area contributed by atoms with Gasteiger partial charge in [-0.3, -0.25) is 4.79 Å². The summed E-state index contributed by atoms with van der Waals surface area (Å²) in [5, 5.41) is 4.59. The number of likely N-dealkylation sites (tertiary alicyclic amines) is 1. The summed E-state index contributed by atoms with van der Waals surface area (Å²) in [6.45, 7) is 5.74. The maximum Gasteiger partial charge on any atom is 0.225 e. The lowest BCUT2D eigenvalue weighted by Gasteiger charge is -2.34. The molecule has 0 unspecified atom stereocenters. The third kappa shape index (κ3) is 3.37. The predicted molar refractivity (Wildman–Crippen MR) is 102 cm³/mol. The van der Waals surface area contributed by atoms with Crippen molar-refractivity contribution in [2.45, 2.75) is 58.4 Å². The minimum Gasteiger partial charge on any atom is -0.367 e. The molecular weight excluding hydrogens is 326 g/mol. The number of carbonyl (C=O) groups is 1. The fourth-order valence-corrected chi connectivity index (χ4v) is 4.39. The number of aryl methyl sites for hydroxylation is 2. The van der Waals surface area contributed by atoms with E-state index in [2.05, 4.69) is 38.2 Å². The number of fused-ring (bicyclic) bond motifs is 1. The summed E-state index contributed by atoms with van der Waals surface area (Å²) in [5.74, 6) is 1.52. The fraction of sp³-hybridized carbons (Fsp3) is 0.600. The SMILES string of the molecule is Cc1cc(C)c2c(NC3CCN(C(=O)C4CCCC4)CC3)ncnc2n1. The van der Waals surface area contributed by atoms with E-state index in [1.165, 1.54) is 12.8 Å². The van der Waals surface area contributed by atoms with E-state index in [-0.39, 0.29) is 5.92 Å². The quantitative estimate of drug-likeness (QED) is 0.917. The second kappa shape index (κ2) is 7.17. The van der Waals surface area contributed by atoms with E-state index >= 15 is 0 Å². The van der Waals surface area contributed by atoms with Crippen LogP contribution in [0.15, 0.2) is 12.4 Å². The number of hydrogen-bond acceptors (Lipinski definition) is 5. The zero-order valence-corrected chi connectivity index (χ0v) is 15.7. The van der Waals surface area contributed by atoms with Gasteiger partial charge in [0.15, 0.2) is 5.65 Å². The first-order valence-electron chi connectivity index (χ1n) is 9.76. The molecule has 0 aromatic carbocycles. The molecule has 0 radical (unpaired) electrons. The zero-order valence-electron chi connectivity index (χ0n) is 15.7. The molecule has 1 saturated heterocycles. The lowest BCUT2D eigenvalue weighted by molar-refractivity contribution is -0.136. The van der Waals surface area contributed by atoms with Crippen molar-refractivity contribution in [2.75, 3.05) is 18.4 Å². The molecule has 26 heavy (non-hydrogen) atoms. The van der Waals surface area contributed by atoms with Crippen LogP contribution in [-0.2, 0) is 4.79 Å². The molecule has 2 aromatic heterocycles. The molecule has 4 rings (SSSR count). The number of hydrogen-bond donors (Lipinski definition) is 1. The Balaban J connectivity index is 1.43. The van der Waals surface area contributed by atoms with Gasteiger partial charge >= 0.3 is 0 Å². The second-order valence-corrected chi connectivity index (χ2v) is 7.73. The van der Waals surface area contributed by atoms with Crippen molar-refractivity contribution in [3.63, 3.8) is 0 Å². The average Bonchev–Trinajstić information content (AvgIpc) is 3.16. The summed E-state index contributed by atoms with van der Waals surface area (Å²) in [5.41, 5.74) is 2.86. The molecule has 0 bridgehead atoms. The van der Waals surface area contributed by atoms with Gasteiger partial charge in [-0.05, 0) is 51.2 Å². The van der Waals surface area contributed by atoms with E-state index in [1.807, 2.05) is 6.92 Å². The van der Waals surface area contributed by atoms with Gasteiger partial charge in [-0.2, -0.15) is 0 Å². The number of anilines is 1. The van der Waals surface area contributed by atoms with Gasteiger partial charge in [0.1, 0.15) is 12.1 Å². The molecule has 0 spiro atoms. The molecule has 6 nitrogen and oxygen atoms in total. The molecule has 0 atom stereocenters. The van der Waals surface area contributed by atoms with Gasteiger partial charge in [-0.25, -0.2) is 15.0 Å². The topological polar surface area (TPSA) is 71.0 Å². The predicted octanol–water partition coefficient (Wildman–Crippen LogP) is 3.23. The smallest absolute Gasteiger partial charge is 0.225 e. The van der Waals surface area contributed by atoms with E-state index in [1.54, 1.807) is 6.33 Å². The third-order valence-corrected chi connectivity index (χ3v) is 5.78. The Labute approximate surface area is 154 Å². The molecule has 2 aliphatic rings. The molecule has 2 fully saturated rings. The molecule has 138 valence electrons. The number of nitrogens with one attached hydrogen (secondary N) is 1. The monoisotopic (exact) mass is 353 g/mol. The van der Waals surface area contributed by atoms with Gasteiger partial charge in [-0.1, -0.05) is 12.8 Å². The number of aromatic nitrogens is 3. The highest BCUT2D eigenvalue weighted by molar-refractivity contribution is 5.89. The van der Waals surface area contributed by atoms with Crippen molar-refractivity contribution < 1.29 is 4.79 Å². The van der Waals surface area contributed by atoms with Crippen LogP contribution < -0.4 is 5.32 Å². The minimum atomic E-state index is 0.280. The number of amides is 1. The summed E-state index contributed by atoms with van der Waals surface area (Å²) in [7, 11) is 0. The maximum absolute atomic E-state index is 12.6. The first-order chi connectivity index (χ1) is 12.6. The van der Waals surface area contributed by atoms with Crippen LogP contribution in [-0.4, -0.2) is 44.9 Å². The number of carbonyl (C=O) groups excluding carboxylic acids is 1. The normalized spacial score (nSPS) is 19.2. The first-order valence-corrected chi connectivity index (χ1v) is 9.76. The zero-order chi connectivity index (χ0) is 18.1. The third-order valence-electron chi connectivity index (χ3n) is 5.78. The molecule has 2 aromatic rings. The second-order valence-electron chi connectivity index (χ2n) is 7.73. The van der Waals surface area contributed by atoms with Crippen molar-refractivity contribution >= 4 is 22.8 Å². The van der Waals surface area contributed by atoms with Crippen LogP contribution in [0.2, 0.25) is 0 Å². The Hall–Kier alpha value is -2.24. The lowest BCUT2D eigenvalue weighted by atomic mass is 10.0. The highest BCUT2D eigenvalue weighted by Gasteiger charge is 2.30. The number of pyridine rings is 1. The van der Waals surface area contributed by atoms with Crippen LogP contribution in [0.3, 0.4) is 0 Å². The van der Waals surface area contributed by atoms with E-state index < -0.39 is 0 Å². The fourth-order valence-electron chi connectivity index (χ4n) is 4.39. The molecule has 1 N–H and O–H groups in total. The van der Waals surface area contributed by atoms with Crippen molar-refractivity contribution in [1.82, 2.24) is 19.9 Å². The molecule has 1 aliphatic carbocycles. The van der Waals surface area contributed by atoms with Crippen LogP contribution in [0.1, 0.15) is 49.8 Å². The van der Waals surface area contributed by atoms with Gasteiger partial charge in [0.2, 0.25) is 5.91 Å². The Bertz CT molecular complexity index is 807. The average molecular weight is 353 g/mol. The molecule has 3 heterocycles. The summed E-state index contributed by atoms with van der Waals surface area (Å²) < 4.78 is 0. The van der Waals surface area contributed by atoms with Crippen molar-refractivity contribution in [2.24, 2.45) is 5.92 Å². The molecule has 1 amide bonds. The summed E-state index contributed by atoms with van der Waals surface area (Å²) in [6.07, 6.45) is 8.08. The van der Waals surface area contributed by atoms with E-state index in [0.717, 1.165) is 66.9 Å². The molecular formula is C20H27N5O. The molecule has 1 saturated carbocycles. The Kier molecular flexibility index (Phi) is 4.74. The maximum atomic E-state index is 12.6. The van der Waals surface area contributed by atoms with Crippen LogP contribution in [0.25, 0.3) is 11.0 Å². The number of rotatable bonds is 3. The van der Waals surface area contributed by atoms with Crippen molar-refractivity contribution in [1.29, 1.82) is 0 Å². The summed E-state index contributed by atoms with van der Waals surface area (Å²) in [6, 6.07) is 2.40. The van der Waals surface area contributed by atoms with Crippen LogP contribution in [0.5, 0.6) is 0 Å². The number of piperidine rings is 1. The van der Waals surface area contributed by atoms with Gasteiger partial charge in [-0.15, -0.1) is 0 Å². The summed E-state index contributed by atoms with van der Waals surface area (Å²) >= 11 is 0. The van der Waals surface area contributed by atoms with Crippen LogP contribution in [0.4, 0.5) is 5.82 Å². The van der Waals surface area contributed by atoms with E-state index in [0.29, 0.717) is 11.9 Å². The highest BCUT2D eigenvalue weighted by atomic mass is 16.2. The number of nitrogens with zero attached hydrogens (tertiary/aromatic N) is 4. The van der Waals surface area contributed by atoms with E-state index in [4.69, 9.17) is 0 Å². The Morgan fingerprint density at radius 1 is 1.12 bits per heavy atom. The van der Waals surface area contributed by atoms with E-state index in [9.17, 15) is 4.79 Å². The van der Waals surface area contributed by atoms with Crippen LogP contribution >= 0.6 is 0 Å². The Morgan fingerprint density at radius 3 is 2.58 bits per heavy atom. The molecule has 1 aliphatic heterocycles. The van der Waals surface area contributed by atoms with Crippen molar-refractivity contribution in [3.8, 4) is 0 Å². The standard InChI is InChI=1S/C20H27N5O/c1-13-11-14(2)23-18-17(13)19(22-12-21-18)24-16-7-9-25(10-8-16)20(26)15-5-3-4-6-15/h11-12,15-16H,3-10H2,1-2H3,(H,21,22,23,24). The Morgan fingerprint density at radius 2 is 1.85 bits per heavy atom. The first kappa shape index (κ1) is 17.2. The van der Waals surface area contributed by atoms with Gasteiger partial charge in [0.05, 0.1) is 5.39 Å². The van der Waals surface area contributed by atoms with Crippen LogP contribution in [0, 0.1) is 19.8 Å². The van der Waals surface area contributed by atoms with Crippen molar-refractivity contribution in [3.05, 3.63) is 23.7 Å². The summed E-state index contributed by atoms with van der Waals surface area (Å²) in [4.78, 5) is 28.0. The lowest BCUT2D eigenvalue weighted by Crippen LogP contribution is -2.44. The van der Waals surface area contributed by atoms with Gasteiger partial charge in [0.25, 0.3) is 0 Å². The minimum absolute atomic E-state index is 0.280.